The van der Waals surface area contributed by atoms with Gasteiger partial charge in [0.1, 0.15) is 0 Å². The van der Waals surface area contributed by atoms with Crippen LogP contribution in [0.15, 0.2) is 12.1 Å². The molecule has 0 fully saturated rings. The van der Waals surface area contributed by atoms with E-state index in [4.69, 9.17) is 0 Å². The average Bonchev–Trinajstić information content (AvgIpc) is 2.47. The van der Waals surface area contributed by atoms with Crippen LogP contribution in [0.25, 0.3) is 0 Å². The van der Waals surface area contributed by atoms with Gasteiger partial charge >= 0.3 is 0 Å². The van der Waals surface area contributed by atoms with Crippen molar-refractivity contribution in [3.05, 3.63) is 23.5 Å². The summed E-state index contributed by atoms with van der Waals surface area (Å²) in [5, 5.41) is 0. The molecule has 0 unspecified atom stereocenters. The molecule has 2 rings (SSSR count). The second kappa shape index (κ2) is 2.53. The highest BCUT2D eigenvalue weighted by Crippen LogP contribution is 2.17. The molecule has 1 aliphatic rings. The Morgan fingerprint density at radius 1 is 1.36 bits per heavy atom. The van der Waals surface area contributed by atoms with E-state index in [-0.39, 0.29) is 0 Å². The van der Waals surface area contributed by atoms with Crippen LogP contribution < -0.4 is 0 Å². The van der Waals surface area contributed by atoms with Gasteiger partial charge in [-0.15, -0.1) is 0 Å². The molecule has 0 aromatic carbocycles. The van der Waals surface area contributed by atoms with Gasteiger partial charge in [0.15, 0.2) is 6.29 Å². The minimum absolute atomic E-state index is 0.833. The zero-order chi connectivity index (χ0) is 7.68. The smallest absolute Gasteiger partial charge is 0.166 e. The summed E-state index contributed by atoms with van der Waals surface area (Å²) in [6, 6.07) is 3.97. The van der Waals surface area contributed by atoms with Gasteiger partial charge in [-0.1, -0.05) is 0 Å². The number of hydrogen-bond donors (Lipinski definition) is 0. The van der Waals surface area contributed by atoms with Gasteiger partial charge in [-0.2, -0.15) is 0 Å². The van der Waals surface area contributed by atoms with Crippen LogP contribution in [0.4, 0.5) is 0 Å². The molecule has 1 aromatic rings. The maximum absolute atomic E-state index is 10.5. The highest BCUT2D eigenvalue weighted by molar-refractivity contribution is 5.72. The lowest BCUT2D eigenvalue weighted by Crippen LogP contribution is -2.11. The molecule has 11 heavy (non-hydrogen) atoms. The highest BCUT2D eigenvalue weighted by atomic mass is 16.1. The molecule has 1 aliphatic heterocycles. The van der Waals surface area contributed by atoms with Crippen molar-refractivity contribution in [1.82, 2.24) is 4.57 Å². The molecular weight excluding hydrogens is 138 g/mol. The Morgan fingerprint density at radius 3 is 3.09 bits per heavy atom. The summed E-state index contributed by atoms with van der Waals surface area (Å²) in [5.41, 5.74) is 2.15. The predicted octanol–water partition coefficient (Wildman–Crippen LogP) is 1.64. The molecule has 0 aliphatic carbocycles. The molecule has 0 radical (unpaired) electrons. The molecular formula is C9H11NO. The standard InChI is InChI=1S/C9H11NO/c11-7-9-5-4-8-3-1-2-6-10(8)9/h4-5,7H,1-3,6H2. The van der Waals surface area contributed by atoms with Crippen LogP contribution in [-0.2, 0) is 13.0 Å². The number of aryl methyl sites for hydroxylation is 1. The van der Waals surface area contributed by atoms with Gasteiger partial charge in [-0.25, -0.2) is 0 Å². The number of aromatic nitrogens is 1. The van der Waals surface area contributed by atoms with E-state index in [2.05, 4.69) is 10.6 Å². The van der Waals surface area contributed by atoms with Crippen molar-refractivity contribution in [3.63, 3.8) is 0 Å². The minimum atomic E-state index is 0.833. The van der Waals surface area contributed by atoms with Crippen molar-refractivity contribution in [3.8, 4) is 0 Å². The van der Waals surface area contributed by atoms with Gasteiger partial charge in [0.2, 0.25) is 0 Å². The van der Waals surface area contributed by atoms with Crippen molar-refractivity contribution in [2.24, 2.45) is 0 Å². The van der Waals surface area contributed by atoms with Crippen molar-refractivity contribution in [2.75, 3.05) is 0 Å². The Morgan fingerprint density at radius 2 is 2.27 bits per heavy atom. The predicted molar refractivity (Wildman–Crippen MR) is 42.8 cm³/mol. The van der Waals surface area contributed by atoms with Crippen molar-refractivity contribution < 1.29 is 4.79 Å². The largest absolute Gasteiger partial charge is 0.342 e. The van der Waals surface area contributed by atoms with E-state index in [0.29, 0.717) is 0 Å². The number of nitrogens with zero attached hydrogens (tertiary/aromatic N) is 1. The van der Waals surface area contributed by atoms with Crippen molar-refractivity contribution in [1.29, 1.82) is 0 Å². The monoisotopic (exact) mass is 149 g/mol. The van der Waals surface area contributed by atoms with Crippen molar-refractivity contribution in [2.45, 2.75) is 25.8 Å². The Hall–Kier alpha value is -1.05. The third-order valence-corrected chi connectivity index (χ3v) is 2.29. The van der Waals surface area contributed by atoms with Crippen LogP contribution in [0.5, 0.6) is 0 Å². The van der Waals surface area contributed by atoms with E-state index in [1.54, 1.807) is 0 Å². The molecule has 1 aromatic heterocycles. The molecule has 2 nitrogen and oxygen atoms in total. The molecule has 2 heteroatoms. The summed E-state index contributed by atoms with van der Waals surface area (Å²) < 4.78 is 2.12. The molecule has 58 valence electrons. The highest BCUT2D eigenvalue weighted by Gasteiger charge is 2.10. The topological polar surface area (TPSA) is 22.0 Å². The lowest BCUT2D eigenvalue weighted by molar-refractivity contribution is 0.111. The minimum Gasteiger partial charge on any atom is -0.342 e. The number of rotatable bonds is 1. The summed E-state index contributed by atoms with van der Waals surface area (Å²) in [4.78, 5) is 10.5. The Kier molecular flexibility index (Phi) is 1.53. The Bertz CT molecular complexity index is 275. The van der Waals surface area contributed by atoms with E-state index >= 15 is 0 Å². The molecule has 0 saturated carbocycles. The molecule has 0 amide bonds. The average molecular weight is 149 g/mol. The van der Waals surface area contributed by atoms with Crippen LogP contribution in [-0.4, -0.2) is 10.9 Å². The fourth-order valence-corrected chi connectivity index (χ4v) is 1.70. The van der Waals surface area contributed by atoms with Gasteiger partial charge in [-0.05, 0) is 31.4 Å². The first-order valence-corrected chi connectivity index (χ1v) is 4.05. The van der Waals surface area contributed by atoms with Gasteiger partial charge in [0.25, 0.3) is 0 Å². The van der Waals surface area contributed by atoms with E-state index in [1.165, 1.54) is 18.5 Å². The van der Waals surface area contributed by atoms with E-state index in [9.17, 15) is 4.79 Å². The molecule has 2 heterocycles. The quantitative estimate of drug-likeness (QED) is 0.556. The van der Waals surface area contributed by atoms with Gasteiger partial charge < -0.3 is 4.57 Å². The number of carbonyl (C=O) groups excluding carboxylic acids is 1. The normalized spacial score (nSPS) is 16.0. The number of fused-ring (bicyclic) bond motifs is 1. The van der Waals surface area contributed by atoms with E-state index in [1.807, 2.05) is 6.07 Å². The third-order valence-electron chi connectivity index (χ3n) is 2.29. The number of hydrogen-bond acceptors (Lipinski definition) is 1. The van der Waals surface area contributed by atoms with Crippen LogP contribution in [0, 0.1) is 0 Å². The second-order valence-electron chi connectivity index (χ2n) is 2.98. The number of aldehydes is 1. The maximum atomic E-state index is 10.5. The molecule has 0 bridgehead atoms. The van der Waals surface area contributed by atoms with Crippen LogP contribution in [0.3, 0.4) is 0 Å². The van der Waals surface area contributed by atoms with Gasteiger partial charge in [0, 0.05) is 12.2 Å². The maximum Gasteiger partial charge on any atom is 0.166 e. The summed E-state index contributed by atoms with van der Waals surface area (Å²) in [7, 11) is 0. The lowest BCUT2D eigenvalue weighted by Gasteiger charge is -2.15. The third kappa shape index (κ3) is 0.985. The molecule has 0 spiro atoms. The molecule has 0 saturated heterocycles. The fraction of sp³-hybridized carbons (Fsp3) is 0.444. The lowest BCUT2D eigenvalue weighted by atomic mass is 10.1. The van der Waals surface area contributed by atoms with Gasteiger partial charge in [-0.3, -0.25) is 4.79 Å². The van der Waals surface area contributed by atoms with Crippen LogP contribution >= 0.6 is 0 Å². The molecule has 0 atom stereocenters. The zero-order valence-corrected chi connectivity index (χ0v) is 6.42. The zero-order valence-electron chi connectivity index (χ0n) is 6.42. The molecule has 0 N–H and O–H groups in total. The second-order valence-corrected chi connectivity index (χ2v) is 2.98. The summed E-state index contributed by atoms with van der Waals surface area (Å²) in [5.74, 6) is 0. The van der Waals surface area contributed by atoms with E-state index in [0.717, 1.165) is 24.9 Å². The summed E-state index contributed by atoms with van der Waals surface area (Å²) in [6.45, 7) is 1.02. The van der Waals surface area contributed by atoms with Crippen LogP contribution in [0.1, 0.15) is 29.0 Å². The SMILES string of the molecule is O=Cc1ccc2n1CCCC2. The number of carbonyl (C=O) groups is 1. The van der Waals surface area contributed by atoms with Crippen molar-refractivity contribution >= 4 is 6.29 Å². The Balaban J connectivity index is 2.45. The first kappa shape index (κ1) is 6.65. The van der Waals surface area contributed by atoms with Gasteiger partial charge in [0.05, 0.1) is 5.69 Å². The van der Waals surface area contributed by atoms with E-state index < -0.39 is 0 Å². The summed E-state index contributed by atoms with van der Waals surface area (Å²) >= 11 is 0. The summed E-state index contributed by atoms with van der Waals surface area (Å²) in [6.07, 6.45) is 4.55. The first-order chi connectivity index (χ1) is 5.42. The van der Waals surface area contributed by atoms with Crippen LogP contribution in [0.2, 0.25) is 0 Å². The Labute approximate surface area is 65.8 Å². The fourth-order valence-electron chi connectivity index (χ4n) is 1.70. The first-order valence-electron chi connectivity index (χ1n) is 4.05.